The molecule has 1 heterocycles. The maximum absolute atomic E-state index is 5.69. The summed E-state index contributed by atoms with van der Waals surface area (Å²) in [6.07, 6.45) is 3.60. The van der Waals surface area contributed by atoms with E-state index in [1.807, 2.05) is 36.5 Å². The maximum Gasteiger partial charge on any atom is 0.0523 e. The minimum atomic E-state index is 0.665. The van der Waals surface area contributed by atoms with E-state index in [9.17, 15) is 0 Å². The molecular formula is C16H16N2. The molecule has 2 heteroatoms. The zero-order valence-corrected chi connectivity index (χ0v) is 10.5. The lowest BCUT2D eigenvalue weighted by Crippen LogP contribution is -1.89. The minimum absolute atomic E-state index is 0.665. The fourth-order valence-electron chi connectivity index (χ4n) is 1.62. The van der Waals surface area contributed by atoms with E-state index in [0.717, 1.165) is 23.4 Å². The molecular weight excluding hydrogens is 220 g/mol. The lowest BCUT2D eigenvalue weighted by atomic mass is 10.1. The van der Waals surface area contributed by atoms with Gasteiger partial charge in [-0.1, -0.05) is 30.9 Å². The van der Waals surface area contributed by atoms with Crippen LogP contribution in [0.2, 0.25) is 0 Å². The van der Waals surface area contributed by atoms with Gasteiger partial charge in [0.1, 0.15) is 0 Å². The van der Waals surface area contributed by atoms with Gasteiger partial charge < -0.3 is 5.73 Å². The Kier molecular flexibility index (Phi) is 3.98. The van der Waals surface area contributed by atoms with Crippen LogP contribution in [0.4, 0.5) is 5.69 Å². The van der Waals surface area contributed by atoms with Gasteiger partial charge >= 0.3 is 0 Å². The van der Waals surface area contributed by atoms with E-state index < -0.39 is 0 Å². The summed E-state index contributed by atoms with van der Waals surface area (Å²) < 4.78 is 0. The van der Waals surface area contributed by atoms with Crippen LogP contribution in [0, 0.1) is 11.8 Å². The summed E-state index contributed by atoms with van der Waals surface area (Å²) in [6, 6.07) is 11.7. The van der Waals surface area contributed by atoms with E-state index in [4.69, 9.17) is 5.73 Å². The quantitative estimate of drug-likeness (QED) is 0.643. The van der Waals surface area contributed by atoms with E-state index in [2.05, 4.69) is 29.8 Å². The predicted octanol–water partition coefficient (Wildman–Crippen LogP) is 2.82. The van der Waals surface area contributed by atoms with Crippen molar-refractivity contribution in [3.05, 3.63) is 59.4 Å². The average Bonchev–Trinajstić information content (AvgIpc) is 2.40. The topological polar surface area (TPSA) is 38.9 Å². The molecule has 0 aliphatic rings. The van der Waals surface area contributed by atoms with Gasteiger partial charge in [-0.2, -0.15) is 0 Å². The zero-order chi connectivity index (χ0) is 12.8. The Labute approximate surface area is 108 Å². The van der Waals surface area contributed by atoms with Crippen molar-refractivity contribution in [3.63, 3.8) is 0 Å². The molecule has 18 heavy (non-hydrogen) atoms. The van der Waals surface area contributed by atoms with Gasteiger partial charge in [0.15, 0.2) is 0 Å². The second kappa shape index (κ2) is 5.88. The van der Waals surface area contributed by atoms with E-state index in [-0.39, 0.29) is 0 Å². The molecule has 2 rings (SSSR count). The molecule has 0 bridgehead atoms. The van der Waals surface area contributed by atoms with Gasteiger partial charge in [0.2, 0.25) is 0 Å². The largest absolute Gasteiger partial charge is 0.399 e. The Morgan fingerprint density at radius 2 is 2.11 bits per heavy atom. The maximum atomic E-state index is 5.69. The summed E-state index contributed by atoms with van der Waals surface area (Å²) in [6.45, 7) is 2.12. The van der Waals surface area contributed by atoms with Gasteiger partial charge in [-0.3, -0.25) is 4.98 Å². The van der Waals surface area contributed by atoms with Crippen LogP contribution in [0.1, 0.15) is 23.7 Å². The highest BCUT2D eigenvalue weighted by Gasteiger charge is 1.92. The van der Waals surface area contributed by atoms with Crippen molar-refractivity contribution < 1.29 is 0 Å². The lowest BCUT2D eigenvalue weighted by molar-refractivity contribution is 1.06. The van der Waals surface area contributed by atoms with Gasteiger partial charge in [-0.25, -0.2) is 0 Å². The summed E-state index contributed by atoms with van der Waals surface area (Å²) >= 11 is 0. The molecule has 90 valence electrons. The van der Waals surface area contributed by atoms with E-state index in [1.54, 1.807) is 0 Å². The standard InChI is InChI=1S/C16H16N2/c1-2-13-9-10-16(18-12-13)8-4-6-14-5-3-7-15(17)11-14/h3,5,7,9-12H,2,8,17H2,1H3. The van der Waals surface area contributed by atoms with Crippen molar-refractivity contribution in [1.82, 2.24) is 4.98 Å². The third-order valence-electron chi connectivity index (χ3n) is 2.68. The number of pyridine rings is 1. The second-order valence-electron chi connectivity index (χ2n) is 4.12. The number of nitrogens with two attached hydrogens (primary N) is 1. The molecule has 0 aliphatic carbocycles. The van der Waals surface area contributed by atoms with Crippen LogP contribution in [0.25, 0.3) is 0 Å². The first kappa shape index (κ1) is 12.2. The Morgan fingerprint density at radius 1 is 1.22 bits per heavy atom. The number of anilines is 1. The van der Waals surface area contributed by atoms with Crippen molar-refractivity contribution >= 4 is 5.69 Å². The van der Waals surface area contributed by atoms with E-state index in [1.165, 1.54) is 5.56 Å². The molecule has 2 aromatic rings. The molecule has 0 amide bonds. The molecule has 1 aromatic heterocycles. The summed E-state index contributed by atoms with van der Waals surface area (Å²) in [7, 11) is 0. The third-order valence-corrected chi connectivity index (χ3v) is 2.68. The molecule has 0 saturated heterocycles. The number of benzene rings is 1. The Hall–Kier alpha value is -2.27. The SMILES string of the molecule is CCc1ccc(CC#Cc2cccc(N)c2)nc1. The number of rotatable bonds is 2. The predicted molar refractivity (Wildman–Crippen MR) is 75.1 cm³/mol. The first-order valence-electron chi connectivity index (χ1n) is 6.06. The smallest absolute Gasteiger partial charge is 0.0523 e. The Bertz CT molecular complexity index is 574. The summed E-state index contributed by atoms with van der Waals surface area (Å²) in [5.74, 6) is 6.21. The van der Waals surface area contributed by atoms with Crippen molar-refractivity contribution in [2.75, 3.05) is 5.73 Å². The van der Waals surface area contributed by atoms with Crippen LogP contribution in [0.3, 0.4) is 0 Å². The summed E-state index contributed by atoms with van der Waals surface area (Å²) in [5.41, 5.74) is 9.64. The molecule has 0 unspecified atom stereocenters. The molecule has 0 saturated carbocycles. The fourth-order valence-corrected chi connectivity index (χ4v) is 1.62. The van der Waals surface area contributed by atoms with Crippen LogP contribution in [0.15, 0.2) is 42.6 Å². The summed E-state index contributed by atoms with van der Waals surface area (Å²) in [4.78, 5) is 4.37. The molecule has 0 fully saturated rings. The Morgan fingerprint density at radius 3 is 2.78 bits per heavy atom. The highest BCUT2D eigenvalue weighted by molar-refractivity contribution is 5.47. The number of nitrogens with zero attached hydrogens (tertiary/aromatic N) is 1. The number of aromatic nitrogens is 1. The first-order chi connectivity index (χ1) is 8.78. The number of nitrogen functional groups attached to an aromatic ring is 1. The molecule has 2 N–H and O–H groups in total. The average molecular weight is 236 g/mol. The van der Waals surface area contributed by atoms with E-state index in [0.29, 0.717) is 6.42 Å². The first-order valence-corrected chi connectivity index (χ1v) is 6.06. The second-order valence-corrected chi connectivity index (χ2v) is 4.12. The molecule has 2 nitrogen and oxygen atoms in total. The fraction of sp³-hybridized carbons (Fsp3) is 0.188. The zero-order valence-electron chi connectivity index (χ0n) is 10.5. The van der Waals surface area contributed by atoms with Crippen LogP contribution in [-0.4, -0.2) is 4.98 Å². The molecule has 0 spiro atoms. The van der Waals surface area contributed by atoms with Crippen LogP contribution in [0.5, 0.6) is 0 Å². The lowest BCUT2D eigenvalue weighted by Gasteiger charge is -1.97. The van der Waals surface area contributed by atoms with Crippen molar-refractivity contribution in [2.45, 2.75) is 19.8 Å². The summed E-state index contributed by atoms with van der Waals surface area (Å²) in [5, 5.41) is 0. The van der Waals surface area contributed by atoms with Gasteiger partial charge in [0.05, 0.1) is 12.1 Å². The number of hydrogen-bond donors (Lipinski definition) is 1. The van der Waals surface area contributed by atoms with Crippen molar-refractivity contribution in [2.24, 2.45) is 0 Å². The van der Waals surface area contributed by atoms with Crippen LogP contribution < -0.4 is 5.73 Å². The highest BCUT2D eigenvalue weighted by Crippen LogP contribution is 2.05. The minimum Gasteiger partial charge on any atom is -0.399 e. The van der Waals surface area contributed by atoms with Crippen LogP contribution in [-0.2, 0) is 12.8 Å². The van der Waals surface area contributed by atoms with Gasteiger partial charge in [-0.05, 0) is 36.2 Å². The third kappa shape index (κ3) is 3.36. The van der Waals surface area contributed by atoms with Crippen LogP contribution >= 0.6 is 0 Å². The van der Waals surface area contributed by atoms with Gasteiger partial charge in [-0.15, -0.1) is 0 Å². The molecule has 1 aromatic carbocycles. The van der Waals surface area contributed by atoms with Crippen molar-refractivity contribution in [3.8, 4) is 11.8 Å². The normalized spacial score (nSPS) is 9.61. The van der Waals surface area contributed by atoms with Gasteiger partial charge in [0.25, 0.3) is 0 Å². The molecule has 0 atom stereocenters. The number of aryl methyl sites for hydroxylation is 1. The van der Waals surface area contributed by atoms with Gasteiger partial charge in [0, 0.05) is 17.4 Å². The molecule has 0 aliphatic heterocycles. The highest BCUT2D eigenvalue weighted by atomic mass is 14.7. The number of hydrogen-bond acceptors (Lipinski definition) is 2. The van der Waals surface area contributed by atoms with Crippen molar-refractivity contribution in [1.29, 1.82) is 0 Å². The molecule has 0 radical (unpaired) electrons. The van der Waals surface area contributed by atoms with E-state index >= 15 is 0 Å². The Balaban J connectivity index is 2.03. The monoisotopic (exact) mass is 236 g/mol.